The summed E-state index contributed by atoms with van der Waals surface area (Å²) in [5, 5.41) is 9.79. The van der Waals surface area contributed by atoms with Crippen molar-refractivity contribution >= 4 is 15.9 Å². The summed E-state index contributed by atoms with van der Waals surface area (Å²) in [5.74, 6) is -0.0948. The van der Waals surface area contributed by atoms with Crippen LogP contribution in [-0.2, 0) is 10.0 Å². The van der Waals surface area contributed by atoms with E-state index < -0.39 is 16.1 Å². The molecule has 26 heavy (non-hydrogen) atoms. The van der Waals surface area contributed by atoms with Crippen LogP contribution >= 0.6 is 0 Å². The average Bonchev–Trinajstić information content (AvgIpc) is 2.61. The largest absolute Gasteiger partial charge is 0.392 e. The minimum Gasteiger partial charge on any atom is -0.392 e. The lowest BCUT2D eigenvalue weighted by molar-refractivity contribution is 0.0742. The number of aliphatic hydroxyl groups excluding tert-OH is 1. The van der Waals surface area contributed by atoms with Gasteiger partial charge in [0.1, 0.15) is 0 Å². The van der Waals surface area contributed by atoms with Crippen LogP contribution in [0.1, 0.15) is 55.3 Å². The highest BCUT2D eigenvalue weighted by atomic mass is 32.2. The van der Waals surface area contributed by atoms with Crippen LogP contribution in [0.5, 0.6) is 0 Å². The molecule has 144 valence electrons. The molecule has 1 aromatic carbocycles. The van der Waals surface area contributed by atoms with Crippen LogP contribution in [0.15, 0.2) is 29.2 Å². The number of piperidine rings is 1. The van der Waals surface area contributed by atoms with Crippen molar-refractivity contribution in [2.24, 2.45) is 0 Å². The molecule has 0 saturated carbocycles. The Kier molecular flexibility index (Phi) is 6.32. The van der Waals surface area contributed by atoms with Crippen molar-refractivity contribution in [3.05, 3.63) is 29.8 Å². The summed E-state index contributed by atoms with van der Waals surface area (Å²) in [5.41, 5.74) is 0.421. The van der Waals surface area contributed by atoms with Crippen LogP contribution in [0.3, 0.4) is 0 Å². The Labute approximate surface area is 155 Å². The molecular weight excluding hydrogens is 352 g/mol. The number of carbonyl (C=O) groups is 1. The molecule has 0 aromatic heterocycles. The fraction of sp³-hybridized carbons (Fsp3) is 0.632. The van der Waals surface area contributed by atoms with E-state index in [0.29, 0.717) is 24.9 Å². The summed E-state index contributed by atoms with van der Waals surface area (Å²) in [6.45, 7) is 1.98. The second-order valence-electron chi connectivity index (χ2n) is 7.25. The Morgan fingerprint density at radius 3 is 2.38 bits per heavy atom. The fourth-order valence-corrected chi connectivity index (χ4v) is 5.27. The van der Waals surface area contributed by atoms with Gasteiger partial charge in [0, 0.05) is 31.7 Å². The lowest BCUT2D eigenvalue weighted by atomic mass is 10.1. The van der Waals surface area contributed by atoms with Crippen LogP contribution in [0.25, 0.3) is 0 Å². The van der Waals surface area contributed by atoms with E-state index in [0.717, 1.165) is 38.8 Å². The molecule has 2 saturated heterocycles. The van der Waals surface area contributed by atoms with Gasteiger partial charge in [0.05, 0.1) is 11.0 Å². The number of aliphatic hydroxyl groups is 1. The predicted octanol–water partition coefficient (Wildman–Crippen LogP) is 2.24. The zero-order valence-corrected chi connectivity index (χ0v) is 16.0. The van der Waals surface area contributed by atoms with Gasteiger partial charge < -0.3 is 10.0 Å². The molecule has 2 heterocycles. The second kappa shape index (κ2) is 8.50. The van der Waals surface area contributed by atoms with Gasteiger partial charge in [0.25, 0.3) is 5.91 Å². The Bertz CT molecular complexity index is 727. The molecule has 0 bridgehead atoms. The molecule has 6 nitrogen and oxygen atoms in total. The summed E-state index contributed by atoms with van der Waals surface area (Å²) in [7, 11) is -3.69. The van der Waals surface area contributed by atoms with Crippen molar-refractivity contribution in [2.45, 2.75) is 55.9 Å². The molecule has 1 N–H and O–H groups in total. The van der Waals surface area contributed by atoms with Crippen LogP contribution < -0.4 is 0 Å². The monoisotopic (exact) mass is 380 g/mol. The van der Waals surface area contributed by atoms with Crippen molar-refractivity contribution < 1.29 is 18.3 Å². The third-order valence-electron chi connectivity index (χ3n) is 5.22. The third-order valence-corrected chi connectivity index (χ3v) is 7.08. The molecule has 1 unspecified atom stereocenters. The molecule has 3 rings (SSSR count). The van der Waals surface area contributed by atoms with Crippen molar-refractivity contribution in [3.8, 4) is 0 Å². The number of nitrogens with zero attached hydrogens (tertiary/aromatic N) is 2. The smallest absolute Gasteiger partial charge is 0.253 e. The summed E-state index contributed by atoms with van der Waals surface area (Å²) >= 11 is 0. The highest BCUT2D eigenvalue weighted by Gasteiger charge is 2.30. The maximum atomic E-state index is 12.9. The summed E-state index contributed by atoms with van der Waals surface area (Å²) in [6.07, 6.45) is 6.13. The molecule has 0 spiro atoms. The molecule has 1 aromatic rings. The maximum absolute atomic E-state index is 12.9. The van der Waals surface area contributed by atoms with Crippen LogP contribution in [0.4, 0.5) is 0 Å². The number of hydrogen-bond acceptors (Lipinski definition) is 4. The first-order valence-electron chi connectivity index (χ1n) is 9.56. The molecule has 1 atom stereocenters. The van der Waals surface area contributed by atoms with Gasteiger partial charge in [0.15, 0.2) is 0 Å². The summed E-state index contributed by atoms with van der Waals surface area (Å²) in [4.78, 5) is 14.8. The normalized spacial score (nSPS) is 23.3. The van der Waals surface area contributed by atoms with Crippen molar-refractivity contribution in [1.29, 1.82) is 0 Å². The molecule has 7 heteroatoms. The van der Waals surface area contributed by atoms with E-state index in [9.17, 15) is 18.3 Å². The molecule has 0 radical (unpaired) electrons. The number of carbonyl (C=O) groups excluding carboxylic acids is 1. The first-order chi connectivity index (χ1) is 12.5. The lowest BCUT2D eigenvalue weighted by Crippen LogP contribution is -2.42. The number of sulfonamides is 1. The number of amides is 1. The Morgan fingerprint density at radius 1 is 1.00 bits per heavy atom. The van der Waals surface area contributed by atoms with Crippen LogP contribution in [-0.4, -0.2) is 60.9 Å². The van der Waals surface area contributed by atoms with Crippen molar-refractivity contribution in [2.75, 3.05) is 26.2 Å². The first kappa shape index (κ1) is 19.3. The Morgan fingerprint density at radius 2 is 1.69 bits per heavy atom. The number of benzene rings is 1. The fourth-order valence-electron chi connectivity index (χ4n) is 3.71. The Balaban J connectivity index is 1.79. The molecule has 2 aliphatic heterocycles. The molecule has 0 aliphatic carbocycles. The minimum absolute atomic E-state index is 0.0948. The van der Waals surface area contributed by atoms with Gasteiger partial charge in [0.2, 0.25) is 10.0 Å². The van der Waals surface area contributed by atoms with Gasteiger partial charge in [-0.1, -0.05) is 25.3 Å². The minimum atomic E-state index is -3.69. The number of hydrogen-bond donors (Lipinski definition) is 1. The summed E-state index contributed by atoms with van der Waals surface area (Å²) < 4.78 is 27.1. The topological polar surface area (TPSA) is 77.9 Å². The quantitative estimate of drug-likeness (QED) is 0.872. The van der Waals surface area contributed by atoms with E-state index in [-0.39, 0.29) is 17.3 Å². The highest BCUT2D eigenvalue weighted by molar-refractivity contribution is 7.89. The number of rotatable bonds is 3. The predicted molar refractivity (Wildman–Crippen MR) is 99.4 cm³/mol. The van der Waals surface area contributed by atoms with E-state index in [1.165, 1.54) is 22.9 Å². The SMILES string of the molecule is O=C(c1cccc(S(=O)(=O)N2CCCC(O)C2)c1)N1CCCCCCC1. The number of β-amino-alcohol motifs (C(OH)–C–C–N with tert-alkyl or cyclic N) is 1. The molecule has 2 fully saturated rings. The lowest BCUT2D eigenvalue weighted by Gasteiger charge is -2.29. The maximum Gasteiger partial charge on any atom is 0.253 e. The van der Waals surface area contributed by atoms with Gasteiger partial charge in [-0.2, -0.15) is 4.31 Å². The highest BCUT2D eigenvalue weighted by Crippen LogP contribution is 2.22. The van der Waals surface area contributed by atoms with E-state index in [4.69, 9.17) is 0 Å². The third kappa shape index (κ3) is 4.45. The molecular formula is C19H28N2O4S. The van der Waals surface area contributed by atoms with E-state index >= 15 is 0 Å². The van der Waals surface area contributed by atoms with E-state index in [1.54, 1.807) is 12.1 Å². The van der Waals surface area contributed by atoms with Gasteiger partial charge in [-0.25, -0.2) is 8.42 Å². The van der Waals surface area contributed by atoms with Crippen LogP contribution in [0, 0.1) is 0 Å². The van der Waals surface area contributed by atoms with Crippen molar-refractivity contribution in [3.63, 3.8) is 0 Å². The van der Waals surface area contributed by atoms with Gasteiger partial charge >= 0.3 is 0 Å². The van der Waals surface area contributed by atoms with E-state index in [1.807, 2.05) is 4.90 Å². The molecule has 1 amide bonds. The van der Waals surface area contributed by atoms with Gasteiger partial charge in [-0.3, -0.25) is 4.79 Å². The number of likely N-dealkylation sites (tertiary alicyclic amines) is 1. The standard InChI is InChI=1S/C19H28N2O4S/c22-17-9-7-13-21(15-17)26(24,25)18-10-6-8-16(14-18)19(23)20-11-4-2-1-3-5-12-20/h6,8,10,14,17,22H,1-5,7,9,11-13,15H2. The summed E-state index contributed by atoms with van der Waals surface area (Å²) in [6, 6.07) is 6.33. The zero-order valence-electron chi connectivity index (χ0n) is 15.1. The van der Waals surface area contributed by atoms with Gasteiger partial charge in [-0.05, 0) is 43.9 Å². The average molecular weight is 381 g/mol. The second-order valence-corrected chi connectivity index (χ2v) is 9.18. The van der Waals surface area contributed by atoms with E-state index in [2.05, 4.69) is 0 Å². The zero-order chi connectivity index (χ0) is 18.6. The van der Waals surface area contributed by atoms with Gasteiger partial charge in [-0.15, -0.1) is 0 Å². The molecule has 2 aliphatic rings. The Hall–Kier alpha value is -1.44. The van der Waals surface area contributed by atoms with Crippen molar-refractivity contribution in [1.82, 2.24) is 9.21 Å². The van der Waals surface area contributed by atoms with Crippen LogP contribution in [0.2, 0.25) is 0 Å². The first-order valence-corrected chi connectivity index (χ1v) is 11.0.